The van der Waals surface area contributed by atoms with Gasteiger partial charge < -0.3 is 19.9 Å². The fraction of sp³-hybridized carbons (Fsp3) is 0.273. The van der Waals surface area contributed by atoms with Gasteiger partial charge in [-0.05, 0) is 24.1 Å². The predicted octanol–water partition coefficient (Wildman–Crippen LogP) is 2.91. The third-order valence-electron chi connectivity index (χ3n) is 4.50. The van der Waals surface area contributed by atoms with Crippen LogP contribution >= 0.6 is 0 Å². The van der Waals surface area contributed by atoms with Gasteiger partial charge in [0.1, 0.15) is 5.76 Å². The molecule has 2 N–H and O–H groups in total. The molecule has 0 bridgehead atoms. The fourth-order valence-electron chi connectivity index (χ4n) is 2.96. The maximum atomic E-state index is 12.5. The molecule has 1 amide bonds. The van der Waals surface area contributed by atoms with Crippen LogP contribution in [0.3, 0.4) is 0 Å². The molecule has 6 heteroatoms. The van der Waals surface area contributed by atoms with Crippen LogP contribution in [0.2, 0.25) is 0 Å². The molecule has 2 atom stereocenters. The average molecular weight is 381 g/mol. The molecular formula is C22H23NO5. The highest BCUT2D eigenvalue weighted by molar-refractivity contribution is 5.88. The smallest absolute Gasteiger partial charge is 0.328 e. The summed E-state index contributed by atoms with van der Waals surface area (Å²) in [7, 11) is 0. The number of aryl methyl sites for hydroxylation is 1. The normalized spacial score (nSPS) is 16.8. The molecule has 28 heavy (non-hydrogen) atoms. The van der Waals surface area contributed by atoms with Crippen molar-refractivity contribution < 1.29 is 24.2 Å². The summed E-state index contributed by atoms with van der Waals surface area (Å²) in [6.07, 6.45) is 1.51. The number of carboxylic acids is 1. The summed E-state index contributed by atoms with van der Waals surface area (Å²) in [6, 6.07) is 16.0. The lowest BCUT2D eigenvalue weighted by atomic mass is 10.1. The number of amides is 1. The van der Waals surface area contributed by atoms with E-state index in [0.29, 0.717) is 12.2 Å². The van der Waals surface area contributed by atoms with Crippen LogP contribution < -0.4 is 5.32 Å². The predicted molar refractivity (Wildman–Crippen MR) is 104 cm³/mol. The van der Waals surface area contributed by atoms with E-state index in [9.17, 15) is 14.7 Å². The summed E-state index contributed by atoms with van der Waals surface area (Å²) in [5, 5.41) is 11.9. The lowest BCUT2D eigenvalue weighted by Crippen LogP contribution is -2.47. The Labute approximate surface area is 163 Å². The summed E-state index contributed by atoms with van der Waals surface area (Å²) in [5.74, 6) is -0.965. The molecule has 0 saturated carbocycles. The van der Waals surface area contributed by atoms with Gasteiger partial charge in [0.15, 0.2) is 12.1 Å². The third-order valence-corrected chi connectivity index (χ3v) is 4.50. The Hall–Kier alpha value is -3.12. The number of carboxylic acid groups (broad SMARTS) is 1. The van der Waals surface area contributed by atoms with E-state index in [-0.39, 0.29) is 13.2 Å². The highest BCUT2D eigenvalue weighted by Gasteiger charge is 2.30. The molecule has 0 saturated heterocycles. The minimum atomic E-state index is -1.15. The molecule has 0 radical (unpaired) electrons. The molecule has 1 aliphatic heterocycles. The van der Waals surface area contributed by atoms with E-state index in [1.54, 1.807) is 0 Å². The van der Waals surface area contributed by atoms with Crippen LogP contribution in [-0.2, 0) is 25.7 Å². The van der Waals surface area contributed by atoms with Gasteiger partial charge in [0.2, 0.25) is 0 Å². The van der Waals surface area contributed by atoms with Crippen LogP contribution in [0, 0.1) is 6.92 Å². The average Bonchev–Trinajstić information content (AvgIpc) is 3.18. The maximum Gasteiger partial charge on any atom is 0.328 e. The Kier molecular flexibility index (Phi) is 6.45. The molecule has 6 nitrogen and oxygen atoms in total. The molecule has 3 rings (SSSR count). The SMILES string of the molecule is Cc1ccccc1C1=CCC(C(=O)NC(COCc2ccccc2)C(=O)O)O1. The zero-order valence-corrected chi connectivity index (χ0v) is 15.6. The van der Waals surface area contributed by atoms with Crippen LogP contribution in [0.5, 0.6) is 0 Å². The summed E-state index contributed by atoms with van der Waals surface area (Å²) in [6.45, 7) is 2.12. The van der Waals surface area contributed by atoms with Crippen molar-refractivity contribution >= 4 is 17.6 Å². The van der Waals surface area contributed by atoms with Crippen molar-refractivity contribution in [3.8, 4) is 0 Å². The Morgan fingerprint density at radius 2 is 1.89 bits per heavy atom. The monoisotopic (exact) mass is 381 g/mol. The number of carbonyl (C=O) groups excluding carboxylic acids is 1. The van der Waals surface area contributed by atoms with Gasteiger partial charge in [-0.25, -0.2) is 4.79 Å². The van der Waals surface area contributed by atoms with E-state index in [0.717, 1.165) is 16.7 Å². The first kappa shape index (κ1) is 19.6. The number of rotatable bonds is 8. The largest absolute Gasteiger partial charge is 0.480 e. The Morgan fingerprint density at radius 3 is 2.61 bits per heavy atom. The second-order valence-corrected chi connectivity index (χ2v) is 6.63. The van der Waals surface area contributed by atoms with E-state index in [2.05, 4.69) is 5.32 Å². The Balaban J connectivity index is 1.52. The van der Waals surface area contributed by atoms with Gasteiger partial charge in [-0.1, -0.05) is 54.6 Å². The molecule has 0 aromatic heterocycles. The number of aliphatic carboxylic acids is 1. The Morgan fingerprint density at radius 1 is 1.18 bits per heavy atom. The lowest BCUT2D eigenvalue weighted by molar-refractivity contribution is -0.145. The van der Waals surface area contributed by atoms with Gasteiger partial charge in [0.25, 0.3) is 5.91 Å². The number of hydrogen-bond acceptors (Lipinski definition) is 4. The van der Waals surface area contributed by atoms with Gasteiger partial charge >= 0.3 is 5.97 Å². The van der Waals surface area contributed by atoms with Crippen LogP contribution in [0.4, 0.5) is 0 Å². The summed E-state index contributed by atoms with van der Waals surface area (Å²) in [5.41, 5.74) is 2.91. The van der Waals surface area contributed by atoms with E-state index in [1.807, 2.05) is 67.6 Å². The summed E-state index contributed by atoms with van der Waals surface area (Å²) in [4.78, 5) is 23.9. The van der Waals surface area contributed by atoms with Crippen molar-refractivity contribution in [3.05, 3.63) is 77.4 Å². The molecule has 2 unspecified atom stereocenters. The molecule has 0 aliphatic carbocycles. The zero-order valence-electron chi connectivity index (χ0n) is 15.6. The minimum absolute atomic E-state index is 0.124. The van der Waals surface area contributed by atoms with Gasteiger partial charge in [0, 0.05) is 12.0 Å². The van der Waals surface area contributed by atoms with E-state index in [4.69, 9.17) is 9.47 Å². The fourth-order valence-corrected chi connectivity index (χ4v) is 2.96. The van der Waals surface area contributed by atoms with Crippen molar-refractivity contribution in [2.75, 3.05) is 6.61 Å². The summed E-state index contributed by atoms with van der Waals surface area (Å²) < 4.78 is 11.2. The minimum Gasteiger partial charge on any atom is -0.480 e. The van der Waals surface area contributed by atoms with E-state index < -0.39 is 24.0 Å². The molecule has 2 aromatic rings. The topological polar surface area (TPSA) is 84.9 Å². The molecule has 1 aliphatic rings. The molecule has 0 fully saturated rings. The molecule has 2 aromatic carbocycles. The van der Waals surface area contributed by atoms with Crippen LogP contribution in [0.25, 0.3) is 5.76 Å². The van der Waals surface area contributed by atoms with Crippen LogP contribution in [0.15, 0.2) is 60.7 Å². The number of ether oxygens (including phenoxy) is 2. The quantitative estimate of drug-likeness (QED) is 0.734. The van der Waals surface area contributed by atoms with Gasteiger partial charge in [0.05, 0.1) is 13.2 Å². The lowest BCUT2D eigenvalue weighted by Gasteiger charge is -2.19. The first-order valence-electron chi connectivity index (χ1n) is 9.12. The number of benzene rings is 2. The highest BCUT2D eigenvalue weighted by atomic mass is 16.5. The number of nitrogens with one attached hydrogen (secondary N) is 1. The maximum absolute atomic E-state index is 12.5. The summed E-state index contributed by atoms with van der Waals surface area (Å²) >= 11 is 0. The van der Waals surface area contributed by atoms with E-state index in [1.165, 1.54) is 0 Å². The first-order chi connectivity index (χ1) is 13.5. The second kappa shape index (κ2) is 9.19. The number of carbonyl (C=O) groups is 2. The van der Waals surface area contributed by atoms with Crippen molar-refractivity contribution in [2.24, 2.45) is 0 Å². The Bertz CT molecular complexity index is 862. The van der Waals surface area contributed by atoms with Gasteiger partial charge in [-0.3, -0.25) is 4.79 Å². The molecule has 146 valence electrons. The molecule has 1 heterocycles. The van der Waals surface area contributed by atoms with Gasteiger partial charge in [-0.15, -0.1) is 0 Å². The second-order valence-electron chi connectivity index (χ2n) is 6.63. The van der Waals surface area contributed by atoms with Crippen LogP contribution in [0.1, 0.15) is 23.1 Å². The standard InChI is InChI=1S/C22H23NO5/c1-15-7-5-6-10-17(15)19-11-12-20(28-19)21(24)23-18(22(25)26)14-27-13-16-8-3-2-4-9-16/h2-11,18,20H,12-14H2,1H3,(H,23,24)(H,25,26). The molecular weight excluding hydrogens is 358 g/mol. The van der Waals surface area contributed by atoms with Gasteiger partial charge in [-0.2, -0.15) is 0 Å². The van der Waals surface area contributed by atoms with Crippen molar-refractivity contribution in [3.63, 3.8) is 0 Å². The zero-order chi connectivity index (χ0) is 19.9. The highest BCUT2D eigenvalue weighted by Crippen LogP contribution is 2.28. The number of hydrogen-bond donors (Lipinski definition) is 2. The van der Waals surface area contributed by atoms with Crippen molar-refractivity contribution in [1.29, 1.82) is 0 Å². The van der Waals surface area contributed by atoms with E-state index >= 15 is 0 Å². The molecule has 0 spiro atoms. The first-order valence-corrected chi connectivity index (χ1v) is 9.12. The van der Waals surface area contributed by atoms with Crippen LogP contribution in [-0.4, -0.2) is 35.7 Å². The van der Waals surface area contributed by atoms with Crippen molar-refractivity contribution in [1.82, 2.24) is 5.32 Å². The third kappa shape index (κ3) is 4.98. The van der Waals surface area contributed by atoms with Crippen molar-refractivity contribution in [2.45, 2.75) is 32.1 Å².